The van der Waals surface area contributed by atoms with Crippen LogP contribution in [0.1, 0.15) is 18.9 Å². The van der Waals surface area contributed by atoms with Gasteiger partial charge >= 0.3 is 0 Å². The summed E-state index contributed by atoms with van der Waals surface area (Å²) in [6.07, 6.45) is 2.80. The molecule has 1 rings (SSSR count). The normalized spacial score (nSPS) is 10.3. The zero-order chi connectivity index (χ0) is 11.1. The summed E-state index contributed by atoms with van der Waals surface area (Å²) in [6, 6.07) is 3.89. The molecule has 0 saturated heterocycles. The predicted molar refractivity (Wildman–Crippen MR) is 61.7 cm³/mol. The van der Waals surface area contributed by atoms with E-state index in [1.165, 1.54) is 0 Å². The molecule has 0 unspecified atom stereocenters. The highest BCUT2D eigenvalue weighted by atomic mass is 16.3. The van der Waals surface area contributed by atoms with Gasteiger partial charge in [0.15, 0.2) is 0 Å². The van der Waals surface area contributed by atoms with Gasteiger partial charge in [0.05, 0.1) is 6.61 Å². The van der Waals surface area contributed by atoms with Crippen LogP contribution in [0.3, 0.4) is 0 Å². The zero-order valence-electron chi connectivity index (χ0n) is 9.19. The first-order valence-corrected chi connectivity index (χ1v) is 5.32. The molecule has 0 aliphatic carbocycles. The standard InChI is InChI=1S/C11H19N3O/c1-2-5-14(6-7-15)11-8-10(9-12)3-4-13-11/h3-4,8,15H,2,5-7,9,12H2,1H3. The minimum atomic E-state index is 0.147. The van der Waals surface area contributed by atoms with Crippen molar-refractivity contribution in [3.05, 3.63) is 23.9 Å². The molecule has 3 N–H and O–H groups in total. The van der Waals surface area contributed by atoms with Gasteiger partial charge in [-0.15, -0.1) is 0 Å². The number of aliphatic hydroxyl groups is 1. The van der Waals surface area contributed by atoms with Crippen LogP contribution in [0, 0.1) is 0 Å². The molecule has 4 nitrogen and oxygen atoms in total. The third-order valence-electron chi connectivity index (χ3n) is 2.23. The van der Waals surface area contributed by atoms with E-state index in [0.717, 1.165) is 24.3 Å². The Morgan fingerprint density at radius 2 is 2.27 bits per heavy atom. The maximum Gasteiger partial charge on any atom is 0.128 e. The van der Waals surface area contributed by atoms with Gasteiger partial charge in [0.25, 0.3) is 0 Å². The zero-order valence-corrected chi connectivity index (χ0v) is 9.19. The molecule has 0 amide bonds. The average molecular weight is 209 g/mol. The number of pyridine rings is 1. The third kappa shape index (κ3) is 3.49. The van der Waals surface area contributed by atoms with E-state index in [2.05, 4.69) is 16.8 Å². The minimum Gasteiger partial charge on any atom is -0.395 e. The summed E-state index contributed by atoms with van der Waals surface area (Å²) in [5.74, 6) is 0.897. The van der Waals surface area contributed by atoms with Crippen molar-refractivity contribution >= 4 is 5.82 Å². The first kappa shape index (κ1) is 11.9. The lowest BCUT2D eigenvalue weighted by molar-refractivity contribution is 0.301. The number of hydrogen-bond donors (Lipinski definition) is 2. The van der Waals surface area contributed by atoms with Gasteiger partial charge in [-0.1, -0.05) is 6.92 Å². The second kappa shape index (κ2) is 6.37. The number of nitrogens with zero attached hydrogens (tertiary/aromatic N) is 2. The van der Waals surface area contributed by atoms with Crippen molar-refractivity contribution in [2.24, 2.45) is 5.73 Å². The van der Waals surface area contributed by atoms with Crippen molar-refractivity contribution < 1.29 is 5.11 Å². The maximum atomic E-state index is 8.96. The first-order chi connectivity index (χ1) is 7.31. The Balaban J connectivity index is 2.79. The summed E-state index contributed by atoms with van der Waals surface area (Å²) in [6.45, 7) is 4.30. The van der Waals surface area contributed by atoms with Crippen LogP contribution in [0.25, 0.3) is 0 Å². The largest absolute Gasteiger partial charge is 0.395 e. The van der Waals surface area contributed by atoms with Gasteiger partial charge in [0, 0.05) is 25.8 Å². The molecule has 0 radical (unpaired) electrons. The number of hydrogen-bond acceptors (Lipinski definition) is 4. The van der Waals surface area contributed by atoms with Gasteiger partial charge in [0.1, 0.15) is 5.82 Å². The van der Waals surface area contributed by atoms with Crippen molar-refractivity contribution in [2.45, 2.75) is 19.9 Å². The molecule has 15 heavy (non-hydrogen) atoms. The quantitative estimate of drug-likeness (QED) is 0.725. The molecule has 0 saturated carbocycles. The molecule has 0 atom stereocenters. The van der Waals surface area contributed by atoms with E-state index < -0.39 is 0 Å². The molecule has 0 aliphatic heterocycles. The maximum absolute atomic E-state index is 8.96. The molecular formula is C11H19N3O. The fraction of sp³-hybridized carbons (Fsp3) is 0.545. The summed E-state index contributed by atoms with van der Waals surface area (Å²) in [4.78, 5) is 6.35. The van der Waals surface area contributed by atoms with E-state index in [0.29, 0.717) is 13.1 Å². The number of nitrogens with two attached hydrogens (primary N) is 1. The molecule has 0 spiro atoms. The Labute approximate surface area is 90.7 Å². The van der Waals surface area contributed by atoms with Gasteiger partial charge in [-0.25, -0.2) is 4.98 Å². The van der Waals surface area contributed by atoms with Gasteiger partial charge in [-0.2, -0.15) is 0 Å². The smallest absolute Gasteiger partial charge is 0.128 e. The fourth-order valence-electron chi connectivity index (χ4n) is 1.49. The van der Waals surface area contributed by atoms with Crippen LogP contribution in [0.4, 0.5) is 5.82 Å². The van der Waals surface area contributed by atoms with Crippen molar-refractivity contribution in [3.8, 4) is 0 Å². The fourth-order valence-corrected chi connectivity index (χ4v) is 1.49. The highest BCUT2D eigenvalue weighted by molar-refractivity contribution is 5.40. The molecule has 1 aromatic rings. The van der Waals surface area contributed by atoms with Crippen LogP contribution >= 0.6 is 0 Å². The van der Waals surface area contributed by atoms with Crippen LogP contribution in [0.5, 0.6) is 0 Å². The Morgan fingerprint density at radius 1 is 1.47 bits per heavy atom. The van der Waals surface area contributed by atoms with Gasteiger partial charge in [0.2, 0.25) is 0 Å². The van der Waals surface area contributed by atoms with Crippen molar-refractivity contribution in [1.29, 1.82) is 0 Å². The SMILES string of the molecule is CCCN(CCO)c1cc(CN)ccn1. The van der Waals surface area contributed by atoms with Crippen LogP contribution in [0.15, 0.2) is 18.3 Å². The van der Waals surface area contributed by atoms with Crippen molar-refractivity contribution in [2.75, 3.05) is 24.6 Å². The molecule has 1 aromatic heterocycles. The number of rotatable bonds is 6. The lowest BCUT2D eigenvalue weighted by Gasteiger charge is -2.22. The highest BCUT2D eigenvalue weighted by Crippen LogP contribution is 2.12. The third-order valence-corrected chi connectivity index (χ3v) is 2.23. The summed E-state index contributed by atoms with van der Waals surface area (Å²) < 4.78 is 0. The minimum absolute atomic E-state index is 0.147. The topological polar surface area (TPSA) is 62.4 Å². The number of anilines is 1. The first-order valence-electron chi connectivity index (χ1n) is 5.32. The Bertz CT molecular complexity index is 285. The molecule has 4 heteroatoms. The van der Waals surface area contributed by atoms with E-state index in [1.807, 2.05) is 12.1 Å². The summed E-state index contributed by atoms with van der Waals surface area (Å²) >= 11 is 0. The predicted octanol–water partition coefficient (Wildman–Crippen LogP) is 0.749. The van der Waals surface area contributed by atoms with E-state index in [9.17, 15) is 0 Å². The molecular weight excluding hydrogens is 190 g/mol. The molecule has 0 aliphatic rings. The molecule has 0 fully saturated rings. The van der Waals surface area contributed by atoms with E-state index >= 15 is 0 Å². The highest BCUT2D eigenvalue weighted by Gasteiger charge is 2.06. The second-order valence-electron chi connectivity index (χ2n) is 3.44. The average Bonchev–Trinajstić information content (AvgIpc) is 2.29. The summed E-state index contributed by atoms with van der Waals surface area (Å²) in [5, 5.41) is 8.96. The van der Waals surface area contributed by atoms with Gasteiger partial charge in [-0.3, -0.25) is 0 Å². The Kier molecular flexibility index (Phi) is 5.07. The lowest BCUT2D eigenvalue weighted by Crippen LogP contribution is -2.28. The molecule has 84 valence electrons. The molecule has 1 heterocycles. The number of aliphatic hydroxyl groups excluding tert-OH is 1. The van der Waals surface area contributed by atoms with Crippen LogP contribution < -0.4 is 10.6 Å². The van der Waals surface area contributed by atoms with Gasteiger partial charge < -0.3 is 15.7 Å². The van der Waals surface area contributed by atoms with Crippen LogP contribution in [-0.2, 0) is 6.54 Å². The van der Waals surface area contributed by atoms with Gasteiger partial charge in [-0.05, 0) is 24.1 Å². The van der Waals surface area contributed by atoms with E-state index in [-0.39, 0.29) is 6.61 Å². The molecule has 0 aromatic carbocycles. The van der Waals surface area contributed by atoms with Crippen molar-refractivity contribution in [3.63, 3.8) is 0 Å². The second-order valence-corrected chi connectivity index (χ2v) is 3.44. The van der Waals surface area contributed by atoms with Crippen LogP contribution in [-0.4, -0.2) is 29.8 Å². The van der Waals surface area contributed by atoms with E-state index in [1.54, 1.807) is 6.20 Å². The Hall–Kier alpha value is -1.13. The lowest BCUT2D eigenvalue weighted by atomic mass is 10.2. The van der Waals surface area contributed by atoms with Crippen LogP contribution in [0.2, 0.25) is 0 Å². The van der Waals surface area contributed by atoms with E-state index in [4.69, 9.17) is 10.8 Å². The van der Waals surface area contributed by atoms with Crippen molar-refractivity contribution in [1.82, 2.24) is 4.98 Å². The number of aromatic nitrogens is 1. The Morgan fingerprint density at radius 3 is 2.87 bits per heavy atom. The summed E-state index contributed by atoms with van der Waals surface area (Å²) in [5.41, 5.74) is 6.64. The monoisotopic (exact) mass is 209 g/mol. The summed E-state index contributed by atoms with van der Waals surface area (Å²) in [7, 11) is 0. The molecule has 0 bridgehead atoms.